The van der Waals surface area contributed by atoms with Crippen LogP contribution in [0, 0.1) is 11.6 Å². The van der Waals surface area contributed by atoms with E-state index in [9.17, 15) is 13.6 Å². The normalized spacial score (nSPS) is 15.3. The molecule has 0 spiro atoms. The van der Waals surface area contributed by atoms with Crippen molar-refractivity contribution in [3.8, 4) is 0 Å². The Hall–Kier alpha value is -2.02. The molecule has 124 valence electrons. The molecular formula is C16H17BrF2N2O2. The van der Waals surface area contributed by atoms with Gasteiger partial charge in [-0.15, -0.1) is 0 Å². The lowest BCUT2D eigenvalue weighted by Gasteiger charge is -2.06. The lowest BCUT2D eigenvalue weighted by Crippen LogP contribution is -2.18. The third kappa shape index (κ3) is 6.73. The maximum Gasteiger partial charge on any atom is 0.407 e. The van der Waals surface area contributed by atoms with Crippen LogP contribution in [0.2, 0.25) is 0 Å². The number of rotatable bonds is 1. The number of nitrogens with zero attached hydrogens (tertiary/aromatic N) is 1. The summed E-state index contributed by atoms with van der Waals surface area (Å²) in [6.45, 7) is 4.37. The number of amides is 1. The standard InChI is InChI=1S/C8H7BrN2O2.C6H4F2.C2H6/c9-6-1-5(2-10-3-6)7-4-13-8(12)11-7;7-5-1-2-6(8)4-3-5;1-2/h1-3,7H,4H2,(H,11,12);1-4H;1-2H3. The summed E-state index contributed by atoms with van der Waals surface area (Å²) in [6, 6.07) is 6.15. The fourth-order valence-corrected chi connectivity index (χ4v) is 2.00. The molecule has 1 amide bonds. The number of carbonyl (C=O) groups excluding carboxylic acids is 1. The van der Waals surface area contributed by atoms with Crippen molar-refractivity contribution in [2.75, 3.05) is 6.61 Å². The van der Waals surface area contributed by atoms with Crippen molar-refractivity contribution in [2.24, 2.45) is 0 Å². The van der Waals surface area contributed by atoms with E-state index < -0.39 is 11.6 Å². The van der Waals surface area contributed by atoms with Gasteiger partial charge in [-0.1, -0.05) is 13.8 Å². The average molecular weight is 387 g/mol. The van der Waals surface area contributed by atoms with Crippen LogP contribution in [0.15, 0.2) is 47.2 Å². The van der Waals surface area contributed by atoms with Crippen LogP contribution in [0.4, 0.5) is 13.6 Å². The molecule has 0 bridgehead atoms. The number of nitrogens with one attached hydrogen (secondary N) is 1. The molecule has 1 aliphatic heterocycles. The third-order valence-corrected chi connectivity index (χ3v) is 3.04. The smallest absolute Gasteiger partial charge is 0.407 e. The Morgan fingerprint density at radius 1 is 1.17 bits per heavy atom. The highest BCUT2D eigenvalue weighted by Gasteiger charge is 2.23. The molecule has 1 fully saturated rings. The summed E-state index contributed by atoms with van der Waals surface area (Å²) in [6.07, 6.45) is 3.04. The summed E-state index contributed by atoms with van der Waals surface area (Å²) in [5, 5.41) is 2.68. The lowest BCUT2D eigenvalue weighted by molar-refractivity contribution is 0.177. The fraction of sp³-hybridized carbons (Fsp3) is 0.250. The van der Waals surface area contributed by atoms with Crippen LogP contribution in [0.5, 0.6) is 0 Å². The van der Waals surface area contributed by atoms with Crippen LogP contribution >= 0.6 is 15.9 Å². The average Bonchev–Trinajstić information content (AvgIpc) is 2.99. The van der Waals surface area contributed by atoms with Gasteiger partial charge in [0.25, 0.3) is 0 Å². The number of carbonyl (C=O) groups is 1. The van der Waals surface area contributed by atoms with Crippen molar-refractivity contribution < 1.29 is 18.3 Å². The van der Waals surface area contributed by atoms with Crippen LogP contribution in [0.25, 0.3) is 0 Å². The first-order valence-corrected chi connectivity index (χ1v) is 7.78. The van der Waals surface area contributed by atoms with Crippen molar-refractivity contribution in [3.05, 3.63) is 64.4 Å². The van der Waals surface area contributed by atoms with Crippen molar-refractivity contribution in [1.82, 2.24) is 10.3 Å². The Bertz CT molecular complexity index is 603. The zero-order valence-electron chi connectivity index (χ0n) is 12.7. The molecule has 2 heterocycles. The highest BCUT2D eigenvalue weighted by molar-refractivity contribution is 9.10. The topological polar surface area (TPSA) is 51.2 Å². The van der Waals surface area contributed by atoms with Crippen LogP contribution < -0.4 is 5.32 Å². The molecule has 3 rings (SSSR count). The second-order valence-electron chi connectivity index (χ2n) is 4.17. The second-order valence-corrected chi connectivity index (χ2v) is 5.08. The largest absolute Gasteiger partial charge is 0.447 e. The number of hydrogen-bond acceptors (Lipinski definition) is 3. The van der Waals surface area contributed by atoms with Crippen molar-refractivity contribution in [2.45, 2.75) is 19.9 Å². The highest BCUT2D eigenvalue weighted by atomic mass is 79.9. The maximum absolute atomic E-state index is 11.9. The van der Waals surface area contributed by atoms with Gasteiger partial charge in [0.15, 0.2) is 0 Å². The molecule has 1 atom stereocenters. The predicted octanol–water partition coefficient (Wildman–Crippen LogP) is 4.62. The summed E-state index contributed by atoms with van der Waals surface area (Å²) in [4.78, 5) is 14.7. The minimum absolute atomic E-state index is 0.0718. The number of aromatic nitrogens is 1. The number of benzene rings is 1. The van der Waals surface area contributed by atoms with Gasteiger partial charge >= 0.3 is 6.09 Å². The first-order chi connectivity index (χ1) is 11.0. The number of ether oxygens (including phenoxy) is 1. The van der Waals surface area contributed by atoms with Crippen LogP contribution in [-0.4, -0.2) is 17.7 Å². The molecule has 4 nitrogen and oxygen atoms in total. The van der Waals surface area contributed by atoms with E-state index in [1.807, 2.05) is 19.9 Å². The summed E-state index contributed by atoms with van der Waals surface area (Å²) in [5.74, 6) is -0.821. The molecule has 7 heteroatoms. The molecular weight excluding hydrogens is 370 g/mol. The van der Waals surface area contributed by atoms with Gasteiger partial charge in [-0.2, -0.15) is 0 Å². The molecule has 0 radical (unpaired) electrons. The molecule has 1 N–H and O–H groups in total. The summed E-state index contributed by atoms with van der Waals surface area (Å²) < 4.78 is 29.5. The van der Waals surface area contributed by atoms with Gasteiger partial charge in [0, 0.05) is 16.9 Å². The van der Waals surface area contributed by atoms with E-state index in [4.69, 9.17) is 4.74 Å². The lowest BCUT2D eigenvalue weighted by atomic mass is 10.1. The Morgan fingerprint density at radius 2 is 1.74 bits per heavy atom. The van der Waals surface area contributed by atoms with Crippen LogP contribution in [0.3, 0.4) is 0 Å². The summed E-state index contributed by atoms with van der Waals surface area (Å²) >= 11 is 3.31. The molecule has 0 saturated carbocycles. The Kier molecular flexibility index (Phi) is 8.18. The van der Waals surface area contributed by atoms with Gasteiger partial charge in [-0.05, 0) is 51.8 Å². The molecule has 23 heavy (non-hydrogen) atoms. The monoisotopic (exact) mass is 386 g/mol. The molecule has 1 aliphatic rings. The number of halogens is 3. The first kappa shape index (κ1) is 19.0. The zero-order valence-corrected chi connectivity index (χ0v) is 14.3. The van der Waals surface area contributed by atoms with Crippen molar-refractivity contribution in [3.63, 3.8) is 0 Å². The van der Waals surface area contributed by atoms with E-state index in [2.05, 4.69) is 26.2 Å². The van der Waals surface area contributed by atoms with E-state index in [0.717, 1.165) is 34.3 Å². The summed E-state index contributed by atoms with van der Waals surface area (Å²) in [7, 11) is 0. The molecule has 2 aromatic rings. The minimum atomic E-state index is -0.411. The number of alkyl carbamates (subject to hydrolysis) is 1. The molecule has 1 unspecified atom stereocenters. The Labute approximate surface area is 142 Å². The first-order valence-electron chi connectivity index (χ1n) is 6.99. The zero-order chi connectivity index (χ0) is 17.2. The van der Waals surface area contributed by atoms with Crippen molar-refractivity contribution in [1.29, 1.82) is 0 Å². The Morgan fingerprint density at radius 3 is 2.17 bits per heavy atom. The van der Waals surface area contributed by atoms with Crippen molar-refractivity contribution >= 4 is 22.0 Å². The molecule has 1 aromatic carbocycles. The van der Waals surface area contributed by atoms with Gasteiger partial charge in [-0.3, -0.25) is 4.98 Å². The van der Waals surface area contributed by atoms with E-state index in [0.29, 0.717) is 6.61 Å². The Balaban J connectivity index is 0.000000228. The number of cyclic esters (lactones) is 1. The number of pyridine rings is 1. The van der Waals surface area contributed by atoms with E-state index in [1.165, 1.54) is 0 Å². The quantitative estimate of drug-likeness (QED) is 0.777. The van der Waals surface area contributed by atoms with Gasteiger partial charge < -0.3 is 10.1 Å². The van der Waals surface area contributed by atoms with Gasteiger partial charge in [0.1, 0.15) is 18.2 Å². The highest BCUT2D eigenvalue weighted by Crippen LogP contribution is 2.19. The second kappa shape index (κ2) is 9.89. The molecule has 1 aromatic heterocycles. The van der Waals surface area contributed by atoms with Crippen LogP contribution in [-0.2, 0) is 4.74 Å². The minimum Gasteiger partial charge on any atom is -0.447 e. The van der Waals surface area contributed by atoms with E-state index in [1.54, 1.807) is 12.4 Å². The van der Waals surface area contributed by atoms with Gasteiger partial charge in [-0.25, -0.2) is 13.6 Å². The van der Waals surface area contributed by atoms with E-state index in [-0.39, 0.29) is 12.1 Å². The molecule has 0 aliphatic carbocycles. The van der Waals surface area contributed by atoms with E-state index >= 15 is 0 Å². The number of hydrogen-bond donors (Lipinski definition) is 1. The van der Waals surface area contributed by atoms with Gasteiger partial charge in [0.2, 0.25) is 0 Å². The SMILES string of the molecule is CC.Fc1ccc(F)cc1.O=C1NC(c2cncc(Br)c2)CO1. The maximum atomic E-state index is 11.9. The van der Waals surface area contributed by atoms with Crippen LogP contribution in [0.1, 0.15) is 25.5 Å². The third-order valence-electron chi connectivity index (χ3n) is 2.61. The van der Waals surface area contributed by atoms with Gasteiger partial charge in [0.05, 0.1) is 6.04 Å². The summed E-state index contributed by atoms with van der Waals surface area (Å²) in [5.41, 5.74) is 0.945. The predicted molar refractivity (Wildman–Crippen MR) is 86.9 cm³/mol. The molecule has 1 saturated heterocycles. The fourth-order valence-electron chi connectivity index (χ4n) is 1.61.